The summed E-state index contributed by atoms with van der Waals surface area (Å²) in [5.74, 6) is -0.0185. The summed E-state index contributed by atoms with van der Waals surface area (Å²) in [6.45, 7) is 11.6. The van der Waals surface area contributed by atoms with E-state index in [0.717, 1.165) is 61.7 Å². The molecule has 49 heavy (non-hydrogen) atoms. The Morgan fingerprint density at radius 2 is 1.84 bits per heavy atom. The van der Waals surface area contributed by atoms with Gasteiger partial charge in [0.25, 0.3) is 0 Å². The number of halogens is 1. The first-order chi connectivity index (χ1) is 23.5. The van der Waals surface area contributed by atoms with E-state index in [2.05, 4.69) is 52.9 Å². The minimum Gasteiger partial charge on any atom is -0.474 e. The van der Waals surface area contributed by atoms with Gasteiger partial charge in [0.05, 0.1) is 24.4 Å². The predicted octanol–water partition coefficient (Wildman–Crippen LogP) is 7.85. The predicted molar refractivity (Wildman–Crippen MR) is 195 cm³/mol. The zero-order valence-corrected chi connectivity index (χ0v) is 29.4. The molecule has 2 aliphatic heterocycles. The Hall–Kier alpha value is -4.52. The van der Waals surface area contributed by atoms with Gasteiger partial charge in [-0.25, -0.2) is 4.79 Å². The Bertz CT molecular complexity index is 1950. The van der Waals surface area contributed by atoms with Crippen LogP contribution in [0.5, 0.6) is 5.88 Å². The number of fused-ring (bicyclic) bond motifs is 2. The monoisotopic (exact) mass is 678 g/mol. The fraction of sp³-hybridized carbons (Fsp3) is 0.410. The molecule has 3 aliphatic rings. The summed E-state index contributed by atoms with van der Waals surface area (Å²) >= 11 is 6.24. The van der Waals surface area contributed by atoms with Gasteiger partial charge in [-0.15, -0.1) is 0 Å². The van der Waals surface area contributed by atoms with Crippen molar-refractivity contribution in [1.82, 2.24) is 14.9 Å². The first kappa shape index (κ1) is 33.0. The fourth-order valence-corrected chi connectivity index (χ4v) is 7.49. The summed E-state index contributed by atoms with van der Waals surface area (Å²) in [5, 5.41) is 11.9. The average molecular weight is 679 g/mol. The van der Waals surface area contributed by atoms with Crippen molar-refractivity contribution in [2.75, 3.05) is 62.8 Å². The number of ether oxygens (including phenoxy) is 2. The van der Waals surface area contributed by atoms with Crippen LogP contribution in [0, 0.1) is 22.2 Å². The topological polar surface area (TPSA) is 97.7 Å². The Labute approximate surface area is 293 Å². The van der Waals surface area contributed by atoms with Crippen molar-refractivity contribution >= 4 is 51.2 Å². The fourth-order valence-electron chi connectivity index (χ4n) is 7.36. The molecule has 1 aliphatic carbocycles. The molecule has 9 nitrogen and oxygen atoms in total. The van der Waals surface area contributed by atoms with Crippen molar-refractivity contribution in [3.63, 3.8) is 0 Å². The number of aromatic amines is 1. The number of piperazine rings is 1. The van der Waals surface area contributed by atoms with Crippen LogP contribution in [0.15, 0.2) is 66.4 Å². The second kappa shape index (κ2) is 13.1. The van der Waals surface area contributed by atoms with Crippen LogP contribution in [0.4, 0.5) is 17.1 Å². The van der Waals surface area contributed by atoms with E-state index in [1.54, 1.807) is 0 Å². The molecule has 0 saturated carbocycles. The second-order valence-corrected chi connectivity index (χ2v) is 15.1. The highest BCUT2D eigenvalue weighted by Crippen LogP contribution is 2.45. The number of nitrogens with zero attached hydrogens (tertiary/aromatic N) is 5. The lowest BCUT2D eigenvalue weighted by atomic mass is 9.72. The molecule has 0 spiro atoms. The van der Waals surface area contributed by atoms with Gasteiger partial charge in [-0.05, 0) is 85.2 Å². The number of allylic oxidation sites excluding steroid dienone is 1. The van der Waals surface area contributed by atoms with Crippen molar-refractivity contribution in [3.05, 3.63) is 82.5 Å². The maximum Gasteiger partial charge on any atom is 0.339 e. The number of carbonyl (C=O) groups is 1. The largest absolute Gasteiger partial charge is 0.474 e. The summed E-state index contributed by atoms with van der Waals surface area (Å²) in [6, 6.07) is 20.6. The number of benzene rings is 2. The molecule has 2 aromatic heterocycles. The molecule has 1 atom stereocenters. The van der Waals surface area contributed by atoms with Gasteiger partial charge in [-0.2, -0.15) is 10.2 Å². The third-order valence-corrected chi connectivity index (χ3v) is 10.5. The number of methoxy groups -OCH3 is 1. The number of nitriles is 1. The van der Waals surface area contributed by atoms with Crippen LogP contribution in [0.2, 0.25) is 5.02 Å². The third kappa shape index (κ3) is 6.72. The van der Waals surface area contributed by atoms with Crippen LogP contribution in [0.25, 0.3) is 16.6 Å². The molecule has 0 bridgehead atoms. The molecule has 10 heteroatoms. The minimum atomic E-state index is -0.850. The number of carbonyl (C=O) groups excluding carboxylic acids is 1. The quantitative estimate of drug-likeness (QED) is 0.206. The Kier molecular flexibility index (Phi) is 8.80. The van der Waals surface area contributed by atoms with Crippen molar-refractivity contribution in [2.24, 2.45) is 10.8 Å². The van der Waals surface area contributed by atoms with Crippen molar-refractivity contribution in [3.8, 4) is 11.9 Å². The standard InChI is InChI=1S/C39H43ClN6O3/c1-38(2)13-11-28(32(21-38)26-5-7-29(40)8-6-26)22-44-15-17-45(18-16-44)30-9-10-31(37(47)48-4)33(20-30)46-24-39(3,23-41)25-49-36-34(46)19-27-12-14-42-35(27)43-36/h5-10,12,14,19-20H,11,13,15-18,21-22,24-25H2,1-4H3,(H,42,43). The van der Waals surface area contributed by atoms with E-state index in [-0.39, 0.29) is 12.0 Å². The molecule has 1 N–H and O–H groups in total. The molecule has 1 fully saturated rings. The number of anilines is 3. The smallest absolute Gasteiger partial charge is 0.339 e. The van der Waals surface area contributed by atoms with Crippen LogP contribution in [-0.4, -0.2) is 73.8 Å². The number of hydrogen-bond donors (Lipinski definition) is 1. The van der Waals surface area contributed by atoms with Crippen LogP contribution < -0.4 is 14.5 Å². The maximum absolute atomic E-state index is 13.2. The Balaban J connectivity index is 1.17. The Morgan fingerprint density at radius 3 is 2.57 bits per heavy atom. The molecule has 1 saturated heterocycles. The highest BCUT2D eigenvalue weighted by atomic mass is 35.5. The summed E-state index contributed by atoms with van der Waals surface area (Å²) in [5.41, 5.74) is 7.23. The molecular weight excluding hydrogens is 636 g/mol. The number of H-pyrrole nitrogens is 1. The summed E-state index contributed by atoms with van der Waals surface area (Å²) in [4.78, 5) is 28.0. The summed E-state index contributed by atoms with van der Waals surface area (Å²) in [6.07, 6.45) is 5.20. The van der Waals surface area contributed by atoms with Crippen LogP contribution in [-0.2, 0) is 4.74 Å². The number of hydrogen-bond acceptors (Lipinski definition) is 8. The zero-order chi connectivity index (χ0) is 34.3. The van der Waals surface area contributed by atoms with Gasteiger partial charge in [0, 0.05) is 61.6 Å². The van der Waals surface area contributed by atoms with Crippen molar-refractivity contribution in [1.29, 1.82) is 5.26 Å². The molecule has 2 aromatic carbocycles. The number of nitrogens with one attached hydrogen (secondary N) is 1. The second-order valence-electron chi connectivity index (χ2n) is 14.7. The minimum absolute atomic E-state index is 0.176. The van der Waals surface area contributed by atoms with E-state index < -0.39 is 11.4 Å². The lowest BCUT2D eigenvalue weighted by molar-refractivity contribution is 0.0601. The molecule has 254 valence electrons. The van der Waals surface area contributed by atoms with Crippen LogP contribution >= 0.6 is 11.6 Å². The maximum atomic E-state index is 13.2. The third-order valence-electron chi connectivity index (χ3n) is 10.3. The first-order valence-electron chi connectivity index (χ1n) is 17.0. The molecular formula is C39H43ClN6O3. The van der Waals surface area contributed by atoms with Gasteiger partial charge < -0.3 is 24.3 Å². The highest BCUT2D eigenvalue weighted by Gasteiger charge is 2.37. The SMILES string of the molecule is COC(=O)c1ccc(N2CCN(CC3=C(c4ccc(Cl)cc4)CC(C)(C)CC3)CC2)cc1N1CC(C)(C#N)COc2nc3[nH]ccc3cc21. The number of aromatic nitrogens is 2. The van der Waals surface area contributed by atoms with Gasteiger partial charge in [-0.3, -0.25) is 4.90 Å². The number of esters is 1. The van der Waals surface area contributed by atoms with E-state index >= 15 is 0 Å². The van der Waals surface area contributed by atoms with Crippen LogP contribution in [0.3, 0.4) is 0 Å². The van der Waals surface area contributed by atoms with Gasteiger partial charge in [0.2, 0.25) is 5.88 Å². The van der Waals surface area contributed by atoms with E-state index in [1.807, 2.05) is 54.4 Å². The Morgan fingerprint density at radius 1 is 1.06 bits per heavy atom. The van der Waals surface area contributed by atoms with Gasteiger partial charge in [0.15, 0.2) is 0 Å². The van der Waals surface area contributed by atoms with E-state index in [1.165, 1.54) is 30.2 Å². The van der Waals surface area contributed by atoms with Gasteiger partial charge in [-0.1, -0.05) is 43.2 Å². The summed E-state index contributed by atoms with van der Waals surface area (Å²) in [7, 11) is 1.39. The molecule has 4 heterocycles. The van der Waals surface area contributed by atoms with E-state index in [4.69, 9.17) is 26.1 Å². The normalized spacial score (nSPS) is 21.1. The van der Waals surface area contributed by atoms with Gasteiger partial charge >= 0.3 is 5.97 Å². The average Bonchev–Trinajstić information content (AvgIpc) is 3.52. The van der Waals surface area contributed by atoms with Gasteiger partial charge in [0.1, 0.15) is 23.4 Å². The summed E-state index contributed by atoms with van der Waals surface area (Å²) < 4.78 is 11.4. The lowest BCUT2D eigenvalue weighted by Gasteiger charge is -2.39. The van der Waals surface area contributed by atoms with Crippen molar-refractivity contribution < 1.29 is 14.3 Å². The molecule has 4 aromatic rings. The van der Waals surface area contributed by atoms with Crippen molar-refractivity contribution in [2.45, 2.75) is 40.0 Å². The first-order valence-corrected chi connectivity index (χ1v) is 17.4. The molecule has 1 unspecified atom stereocenters. The molecule has 7 rings (SSSR count). The zero-order valence-electron chi connectivity index (χ0n) is 28.7. The van der Waals surface area contributed by atoms with E-state index in [0.29, 0.717) is 35.0 Å². The molecule has 0 amide bonds. The number of pyridine rings is 1. The molecule has 0 radical (unpaired) electrons. The number of rotatable bonds is 6. The highest BCUT2D eigenvalue weighted by molar-refractivity contribution is 6.30. The lowest BCUT2D eigenvalue weighted by Crippen LogP contribution is -2.47. The van der Waals surface area contributed by atoms with E-state index in [9.17, 15) is 10.1 Å². The van der Waals surface area contributed by atoms with Crippen LogP contribution in [0.1, 0.15) is 56.0 Å².